The van der Waals surface area contributed by atoms with Crippen LogP contribution in [0.2, 0.25) is 0 Å². The highest BCUT2D eigenvalue weighted by atomic mass is 16.3. The van der Waals surface area contributed by atoms with E-state index in [0.29, 0.717) is 18.4 Å². The van der Waals surface area contributed by atoms with Crippen molar-refractivity contribution in [1.29, 1.82) is 0 Å². The number of fused-ring (bicyclic) bond motifs is 3. The van der Waals surface area contributed by atoms with Crippen molar-refractivity contribution in [1.82, 2.24) is 0 Å². The molecule has 6 nitrogen and oxygen atoms in total. The lowest BCUT2D eigenvalue weighted by atomic mass is 9.59. The van der Waals surface area contributed by atoms with E-state index in [4.69, 9.17) is 0 Å². The van der Waals surface area contributed by atoms with Crippen LogP contribution in [0.3, 0.4) is 0 Å². The third kappa shape index (κ3) is 1.88. The van der Waals surface area contributed by atoms with Gasteiger partial charge in [0, 0.05) is 23.5 Å². The second-order valence-electron chi connectivity index (χ2n) is 7.10. The van der Waals surface area contributed by atoms with Crippen LogP contribution in [-0.2, 0) is 16.0 Å². The monoisotopic (exact) mass is 342 g/mol. The smallest absolute Gasteiger partial charge is 0.202 e. The van der Waals surface area contributed by atoms with Crippen molar-refractivity contribution in [2.24, 2.45) is 11.8 Å². The van der Waals surface area contributed by atoms with Gasteiger partial charge >= 0.3 is 0 Å². The lowest BCUT2D eigenvalue weighted by Gasteiger charge is -2.46. The molecule has 0 saturated heterocycles. The topological polar surface area (TPSA) is 115 Å². The van der Waals surface area contributed by atoms with Crippen molar-refractivity contribution in [2.75, 3.05) is 0 Å². The molecule has 130 valence electrons. The number of hydrogen-bond acceptors (Lipinski definition) is 6. The zero-order valence-electron chi connectivity index (χ0n) is 13.6. The maximum absolute atomic E-state index is 13.1. The van der Waals surface area contributed by atoms with E-state index in [2.05, 4.69) is 0 Å². The molecule has 0 amide bonds. The van der Waals surface area contributed by atoms with E-state index in [9.17, 15) is 30.0 Å². The van der Waals surface area contributed by atoms with Crippen LogP contribution < -0.4 is 0 Å². The van der Waals surface area contributed by atoms with Crippen molar-refractivity contribution in [3.8, 4) is 5.75 Å². The van der Waals surface area contributed by atoms with Gasteiger partial charge in [-0.05, 0) is 37.3 Å². The fourth-order valence-corrected chi connectivity index (χ4v) is 4.45. The summed E-state index contributed by atoms with van der Waals surface area (Å²) in [6, 6.07) is 4.85. The van der Waals surface area contributed by atoms with Gasteiger partial charge in [-0.3, -0.25) is 9.59 Å². The first-order valence-electron chi connectivity index (χ1n) is 8.21. The van der Waals surface area contributed by atoms with Crippen molar-refractivity contribution in [3.63, 3.8) is 0 Å². The molecule has 0 radical (unpaired) electrons. The Bertz CT molecular complexity index is 893. The summed E-state index contributed by atoms with van der Waals surface area (Å²) in [5.41, 5.74) is -1.30. The van der Waals surface area contributed by atoms with Crippen molar-refractivity contribution < 1.29 is 30.0 Å². The summed E-state index contributed by atoms with van der Waals surface area (Å²) in [5, 5.41) is 42.0. The summed E-state index contributed by atoms with van der Waals surface area (Å²) in [4.78, 5) is 25.1. The van der Waals surface area contributed by atoms with Crippen molar-refractivity contribution in [3.05, 3.63) is 46.2 Å². The SMILES string of the molecule is CC1=C(O)[C@@]2(O)C(=O)C3=C(O)c4c(O)cccc4CC3C[C@H]2CC1=O. The number of benzene rings is 1. The first-order valence-corrected chi connectivity index (χ1v) is 8.21. The molecule has 4 N–H and O–H groups in total. The number of carbonyl (C=O) groups excluding carboxylic acids is 2. The van der Waals surface area contributed by atoms with E-state index in [-0.39, 0.29) is 46.3 Å². The van der Waals surface area contributed by atoms with Gasteiger partial charge in [-0.2, -0.15) is 0 Å². The molecule has 1 aromatic carbocycles. The third-order valence-corrected chi connectivity index (χ3v) is 5.81. The van der Waals surface area contributed by atoms with Crippen LogP contribution in [0.25, 0.3) is 5.76 Å². The molecule has 0 spiro atoms. The number of carbonyl (C=O) groups is 2. The summed E-state index contributed by atoms with van der Waals surface area (Å²) >= 11 is 0. The molecule has 25 heavy (non-hydrogen) atoms. The summed E-state index contributed by atoms with van der Waals surface area (Å²) < 4.78 is 0. The van der Waals surface area contributed by atoms with Crippen LogP contribution in [0.1, 0.15) is 30.9 Å². The normalized spacial score (nSPS) is 31.6. The molecule has 1 unspecified atom stereocenters. The number of Topliss-reactive ketones (excluding diaryl/α,β-unsaturated/α-hetero) is 2. The predicted molar refractivity (Wildman–Crippen MR) is 87.9 cm³/mol. The number of ketones is 2. The van der Waals surface area contributed by atoms with Crippen LogP contribution in [0, 0.1) is 11.8 Å². The van der Waals surface area contributed by atoms with Gasteiger partial charge in [-0.15, -0.1) is 0 Å². The van der Waals surface area contributed by atoms with E-state index in [1.54, 1.807) is 12.1 Å². The number of phenols is 1. The number of aliphatic hydroxyl groups is 3. The highest BCUT2D eigenvalue weighted by Crippen LogP contribution is 2.51. The summed E-state index contributed by atoms with van der Waals surface area (Å²) in [7, 11) is 0. The van der Waals surface area contributed by atoms with Crippen LogP contribution in [0.4, 0.5) is 0 Å². The Balaban J connectivity index is 1.93. The fourth-order valence-electron chi connectivity index (χ4n) is 4.45. The molecule has 4 rings (SSSR count). The average Bonchev–Trinajstić information content (AvgIpc) is 2.56. The average molecular weight is 342 g/mol. The van der Waals surface area contributed by atoms with E-state index in [1.165, 1.54) is 13.0 Å². The summed E-state index contributed by atoms with van der Waals surface area (Å²) in [6.07, 6.45) is 0.689. The molecule has 0 aromatic heterocycles. The number of hydrogen-bond donors (Lipinski definition) is 4. The molecule has 1 fully saturated rings. The molecule has 0 aliphatic heterocycles. The summed E-state index contributed by atoms with van der Waals surface area (Å²) in [5.74, 6) is -3.29. The minimum Gasteiger partial charge on any atom is -0.508 e. The number of aliphatic hydroxyl groups excluding tert-OH is 2. The van der Waals surface area contributed by atoms with Crippen molar-refractivity contribution in [2.45, 2.75) is 31.8 Å². The van der Waals surface area contributed by atoms with Gasteiger partial charge in [0.25, 0.3) is 0 Å². The number of allylic oxidation sites excluding steroid dienone is 1. The van der Waals surface area contributed by atoms with Gasteiger partial charge < -0.3 is 20.4 Å². The predicted octanol–water partition coefficient (Wildman–Crippen LogP) is 1.96. The maximum atomic E-state index is 13.1. The summed E-state index contributed by atoms with van der Waals surface area (Å²) in [6.45, 7) is 1.38. The lowest BCUT2D eigenvalue weighted by molar-refractivity contribution is -0.147. The van der Waals surface area contributed by atoms with E-state index < -0.39 is 23.1 Å². The standard InChI is InChI=1S/C19H18O6/c1-8-13(21)7-11-6-10-5-9-3-2-4-12(20)14(9)16(22)15(10)18(24)19(11,25)17(8)23/h2-4,10-11,20,22-23,25H,5-7H2,1H3/t10?,11-,19+/m0/s1. The van der Waals surface area contributed by atoms with Crippen LogP contribution in [0.15, 0.2) is 35.1 Å². The highest BCUT2D eigenvalue weighted by Gasteiger charge is 2.59. The molecule has 0 bridgehead atoms. The van der Waals surface area contributed by atoms with Crippen LogP contribution in [-0.4, -0.2) is 37.6 Å². The Kier molecular flexibility index (Phi) is 3.15. The van der Waals surface area contributed by atoms with Crippen molar-refractivity contribution >= 4 is 17.3 Å². The quantitative estimate of drug-likeness (QED) is 0.573. The minimum atomic E-state index is -2.19. The first-order chi connectivity index (χ1) is 11.8. The maximum Gasteiger partial charge on any atom is 0.202 e. The number of phenolic OH excluding ortho intramolecular Hbond substituents is 1. The van der Waals surface area contributed by atoms with E-state index >= 15 is 0 Å². The molecule has 1 aromatic rings. The molecule has 1 saturated carbocycles. The van der Waals surface area contributed by atoms with Gasteiger partial charge in [-0.25, -0.2) is 0 Å². The minimum absolute atomic E-state index is 0.0152. The zero-order chi connectivity index (χ0) is 18.1. The highest BCUT2D eigenvalue weighted by molar-refractivity contribution is 6.12. The van der Waals surface area contributed by atoms with Gasteiger partial charge in [0.2, 0.25) is 5.78 Å². The Morgan fingerprint density at radius 2 is 1.84 bits per heavy atom. The second-order valence-corrected chi connectivity index (χ2v) is 7.10. The van der Waals surface area contributed by atoms with E-state index in [0.717, 1.165) is 0 Å². The lowest BCUT2D eigenvalue weighted by Crippen LogP contribution is -2.57. The van der Waals surface area contributed by atoms with Crippen LogP contribution in [0.5, 0.6) is 5.75 Å². The first kappa shape index (κ1) is 15.9. The largest absolute Gasteiger partial charge is 0.508 e. The Hall–Kier alpha value is -2.60. The van der Waals surface area contributed by atoms with E-state index in [1.807, 2.05) is 0 Å². The van der Waals surface area contributed by atoms with Gasteiger partial charge in [0.15, 0.2) is 11.4 Å². The molecule has 6 heteroatoms. The Morgan fingerprint density at radius 3 is 2.56 bits per heavy atom. The zero-order valence-corrected chi connectivity index (χ0v) is 13.6. The molecule has 3 aliphatic carbocycles. The second kappa shape index (κ2) is 4.95. The molecular weight excluding hydrogens is 324 g/mol. The Labute approximate surface area is 143 Å². The number of aromatic hydroxyl groups is 1. The fraction of sp³-hybridized carbons (Fsp3) is 0.368. The van der Waals surface area contributed by atoms with Gasteiger partial charge in [-0.1, -0.05) is 12.1 Å². The molecular formula is C19H18O6. The molecule has 0 heterocycles. The van der Waals surface area contributed by atoms with Gasteiger partial charge in [0.05, 0.1) is 5.56 Å². The van der Waals surface area contributed by atoms with Gasteiger partial charge in [0.1, 0.15) is 17.3 Å². The Morgan fingerprint density at radius 1 is 1.12 bits per heavy atom. The number of rotatable bonds is 0. The van der Waals surface area contributed by atoms with Crippen LogP contribution >= 0.6 is 0 Å². The molecule has 3 atom stereocenters. The third-order valence-electron chi connectivity index (χ3n) is 5.81. The molecule has 3 aliphatic rings.